The lowest BCUT2D eigenvalue weighted by Gasteiger charge is -2.15. The molecule has 0 aliphatic rings. The Morgan fingerprint density at radius 3 is 2.53 bits per heavy atom. The van der Waals surface area contributed by atoms with Gasteiger partial charge in [0.2, 0.25) is 0 Å². The number of aliphatic carboxylic acids is 1. The quantitative estimate of drug-likeness (QED) is 0.588. The molecule has 0 radical (unpaired) electrons. The van der Waals surface area contributed by atoms with Crippen LogP contribution in [0.3, 0.4) is 0 Å². The standard InChI is InChI=1S/C11H14N2O4/c1-13(2)9-4-3-7(5-8(9)12)11(16)17-6-10(14)15/h3-5H,6,12H2,1-2H3,(H,14,15). The van der Waals surface area contributed by atoms with Gasteiger partial charge in [0.1, 0.15) is 0 Å². The van der Waals surface area contributed by atoms with Gasteiger partial charge >= 0.3 is 11.9 Å². The summed E-state index contributed by atoms with van der Waals surface area (Å²) in [5.41, 5.74) is 7.19. The van der Waals surface area contributed by atoms with Gasteiger partial charge in [0.15, 0.2) is 6.61 Å². The average Bonchev–Trinajstić information content (AvgIpc) is 2.25. The number of benzene rings is 1. The van der Waals surface area contributed by atoms with Crippen LogP contribution in [0.5, 0.6) is 0 Å². The molecule has 1 aromatic carbocycles. The summed E-state index contributed by atoms with van der Waals surface area (Å²) in [5.74, 6) is -1.90. The highest BCUT2D eigenvalue weighted by atomic mass is 16.5. The average molecular weight is 238 g/mol. The molecule has 0 aliphatic carbocycles. The lowest BCUT2D eigenvalue weighted by Crippen LogP contribution is -2.15. The van der Waals surface area contributed by atoms with E-state index < -0.39 is 18.5 Å². The van der Waals surface area contributed by atoms with Crippen LogP contribution in [0.1, 0.15) is 10.4 Å². The second-order valence-electron chi connectivity index (χ2n) is 3.64. The van der Waals surface area contributed by atoms with Gasteiger partial charge in [0.05, 0.1) is 16.9 Å². The van der Waals surface area contributed by atoms with Gasteiger partial charge in [-0.2, -0.15) is 0 Å². The van der Waals surface area contributed by atoms with Gasteiger partial charge in [0.25, 0.3) is 0 Å². The number of rotatable bonds is 4. The van der Waals surface area contributed by atoms with Crippen molar-refractivity contribution in [2.24, 2.45) is 0 Å². The van der Waals surface area contributed by atoms with E-state index in [-0.39, 0.29) is 5.56 Å². The molecule has 6 nitrogen and oxygen atoms in total. The number of carbonyl (C=O) groups is 2. The SMILES string of the molecule is CN(C)c1ccc(C(=O)OCC(=O)O)cc1N. The van der Waals surface area contributed by atoms with Crippen molar-refractivity contribution in [2.75, 3.05) is 31.3 Å². The Kier molecular flexibility index (Phi) is 3.92. The molecule has 0 atom stereocenters. The highest BCUT2D eigenvalue weighted by Gasteiger charge is 2.11. The number of carboxylic acids is 1. The molecule has 0 unspecified atom stereocenters. The second-order valence-corrected chi connectivity index (χ2v) is 3.64. The summed E-state index contributed by atoms with van der Waals surface area (Å²) in [6.07, 6.45) is 0. The Hall–Kier alpha value is -2.24. The molecule has 6 heteroatoms. The van der Waals surface area contributed by atoms with E-state index in [1.807, 2.05) is 19.0 Å². The molecule has 0 spiro atoms. The van der Waals surface area contributed by atoms with Crippen LogP contribution in [0, 0.1) is 0 Å². The molecular weight excluding hydrogens is 224 g/mol. The van der Waals surface area contributed by atoms with E-state index in [2.05, 4.69) is 4.74 Å². The molecule has 0 amide bonds. The lowest BCUT2D eigenvalue weighted by molar-refractivity contribution is -0.140. The Balaban J connectivity index is 2.83. The first-order valence-corrected chi connectivity index (χ1v) is 4.87. The van der Waals surface area contributed by atoms with E-state index in [0.29, 0.717) is 5.69 Å². The van der Waals surface area contributed by atoms with Crippen molar-refractivity contribution in [3.05, 3.63) is 23.8 Å². The van der Waals surface area contributed by atoms with Crippen LogP contribution >= 0.6 is 0 Å². The molecule has 0 bridgehead atoms. The number of nitrogen functional groups attached to an aromatic ring is 1. The first-order chi connectivity index (χ1) is 7.91. The predicted octanol–water partition coefficient (Wildman–Crippen LogP) is 0.576. The maximum atomic E-state index is 11.4. The fourth-order valence-corrected chi connectivity index (χ4v) is 1.30. The second kappa shape index (κ2) is 5.20. The molecule has 1 aromatic rings. The number of carbonyl (C=O) groups excluding carboxylic acids is 1. The third kappa shape index (κ3) is 3.37. The number of esters is 1. The zero-order valence-corrected chi connectivity index (χ0v) is 9.64. The summed E-state index contributed by atoms with van der Waals surface area (Å²) in [6.45, 7) is -0.659. The molecule has 92 valence electrons. The summed E-state index contributed by atoms with van der Waals surface area (Å²) < 4.78 is 4.54. The number of nitrogens with two attached hydrogens (primary N) is 1. The van der Waals surface area contributed by atoms with Gasteiger partial charge in [-0.05, 0) is 18.2 Å². The monoisotopic (exact) mass is 238 g/mol. The van der Waals surface area contributed by atoms with Crippen LogP contribution in [0.4, 0.5) is 11.4 Å². The fraction of sp³-hybridized carbons (Fsp3) is 0.273. The molecule has 0 fully saturated rings. The van der Waals surface area contributed by atoms with Gasteiger partial charge in [-0.25, -0.2) is 9.59 Å². The summed E-state index contributed by atoms with van der Waals surface area (Å²) in [4.78, 5) is 23.5. The normalized spacial score (nSPS) is 9.76. The molecule has 0 saturated carbocycles. The van der Waals surface area contributed by atoms with Crippen molar-refractivity contribution < 1.29 is 19.4 Å². The van der Waals surface area contributed by atoms with E-state index in [1.165, 1.54) is 12.1 Å². The maximum absolute atomic E-state index is 11.4. The van der Waals surface area contributed by atoms with E-state index in [1.54, 1.807) is 6.07 Å². The number of anilines is 2. The molecule has 1 rings (SSSR count). The summed E-state index contributed by atoms with van der Waals surface area (Å²) >= 11 is 0. The van der Waals surface area contributed by atoms with E-state index in [9.17, 15) is 9.59 Å². The third-order valence-electron chi connectivity index (χ3n) is 2.07. The molecule has 0 heterocycles. The van der Waals surface area contributed by atoms with Crippen LogP contribution in [0.15, 0.2) is 18.2 Å². The van der Waals surface area contributed by atoms with Crippen molar-refractivity contribution in [3.8, 4) is 0 Å². The molecular formula is C11H14N2O4. The summed E-state index contributed by atoms with van der Waals surface area (Å²) in [5, 5.41) is 8.37. The number of ether oxygens (including phenoxy) is 1. The number of nitrogens with zero attached hydrogens (tertiary/aromatic N) is 1. The molecule has 0 saturated heterocycles. The predicted molar refractivity (Wildman–Crippen MR) is 63.1 cm³/mol. The number of hydrogen-bond acceptors (Lipinski definition) is 5. The minimum absolute atomic E-state index is 0.231. The van der Waals surface area contributed by atoms with Gasteiger partial charge in [0, 0.05) is 14.1 Å². The lowest BCUT2D eigenvalue weighted by atomic mass is 10.1. The smallest absolute Gasteiger partial charge is 0.341 e. The Bertz CT molecular complexity index is 443. The Morgan fingerprint density at radius 2 is 2.06 bits per heavy atom. The van der Waals surface area contributed by atoms with Crippen LogP contribution in [-0.2, 0) is 9.53 Å². The van der Waals surface area contributed by atoms with Gasteiger partial charge in [-0.3, -0.25) is 0 Å². The number of carboxylic acid groups (broad SMARTS) is 1. The van der Waals surface area contributed by atoms with E-state index in [0.717, 1.165) is 5.69 Å². The van der Waals surface area contributed by atoms with E-state index in [4.69, 9.17) is 10.8 Å². The van der Waals surface area contributed by atoms with E-state index >= 15 is 0 Å². The van der Waals surface area contributed by atoms with Crippen molar-refractivity contribution >= 4 is 23.3 Å². The zero-order chi connectivity index (χ0) is 13.0. The highest BCUT2D eigenvalue weighted by molar-refractivity contribution is 5.92. The van der Waals surface area contributed by atoms with Crippen molar-refractivity contribution in [2.45, 2.75) is 0 Å². The first-order valence-electron chi connectivity index (χ1n) is 4.87. The van der Waals surface area contributed by atoms with Crippen molar-refractivity contribution in [1.82, 2.24) is 0 Å². The van der Waals surface area contributed by atoms with Gasteiger partial charge in [-0.15, -0.1) is 0 Å². The molecule has 0 aromatic heterocycles. The van der Waals surface area contributed by atoms with Crippen LogP contribution in [0.25, 0.3) is 0 Å². The summed E-state index contributed by atoms with van der Waals surface area (Å²) in [6, 6.07) is 4.67. The van der Waals surface area contributed by atoms with Crippen LogP contribution in [-0.4, -0.2) is 37.7 Å². The molecule has 17 heavy (non-hydrogen) atoms. The van der Waals surface area contributed by atoms with Crippen LogP contribution < -0.4 is 10.6 Å². The summed E-state index contributed by atoms with van der Waals surface area (Å²) in [7, 11) is 3.65. The Labute approximate surface area is 98.6 Å². The largest absolute Gasteiger partial charge is 0.479 e. The maximum Gasteiger partial charge on any atom is 0.341 e. The fourth-order valence-electron chi connectivity index (χ4n) is 1.30. The van der Waals surface area contributed by atoms with Gasteiger partial charge in [-0.1, -0.05) is 0 Å². The number of hydrogen-bond donors (Lipinski definition) is 2. The molecule has 0 aliphatic heterocycles. The zero-order valence-electron chi connectivity index (χ0n) is 9.64. The topological polar surface area (TPSA) is 92.9 Å². The minimum atomic E-state index is -1.20. The Morgan fingerprint density at radius 1 is 1.41 bits per heavy atom. The third-order valence-corrected chi connectivity index (χ3v) is 2.07. The van der Waals surface area contributed by atoms with Crippen LogP contribution in [0.2, 0.25) is 0 Å². The van der Waals surface area contributed by atoms with Gasteiger partial charge < -0.3 is 20.5 Å². The minimum Gasteiger partial charge on any atom is -0.479 e. The van der Waals surface area contributed by atoms with Crippen molar-refractivity contribution in [1.29, 1.82) is 0 Å². The highest BCUT2D eigenvalue weighted by Crippen LogP contribution is 2.22. The molecule has 3 N–H and O–H groups in total. The van der Waals surface area contributed by atoms with Crippen molar-refractivity contribution in [3.63, 3.8) is 0 Å². The first kappa shape index (κ1) is 12.8.